The second kappa shape index (κ2) is 5.96. The second-order valence-corrected chi connectivity index (χ2v) is 10.2. The Balaban J connectivity index is 1.64. The van der Waals surface area contributed by atoms with Crippen molar-refractivity contribution in [2.45, 2.75) is 57.0 Å². The number of carbonyl (C=O) groups is 3. The van der Waals surface area contributed by atoms with E-state index in [9.17, 15) is 22.8 Å². The van der Waals surface area contributed by atoms with Gasteiger partial charge in [0.1, 0.15) is 12.1 Å². The molecule has 2 saturated heterocycles. The molecule has 0 bridgehead atoms. The first kappa shape index (κ1) is 18.2. The molecule has 0 aromatic rings. The molecule has 25 heavy (non-hydrogen) atoms. The number of urea groups is 1. The summed E-state index contributed by atoms with van der Waals surface area (Å²) in [5.74, 6) is -0.410. The topological polar surface area (TPSA) is 113 Å². The van der Waals surface area contributed by atoms with Gasteiger partial charge in [-0.3, -0.25) is 14.5 Å². The predicted octanol–water partition coefficient (Wildman–Crippen LogP) is 0.181. The van der Waals surface area contributed by atoms with Crippen molar-refractivity contribution in [1.29, 1.82) is 0 Å². The maximum atomic E-state index is 12.7. The minimum Gasteiger partial charge on any atom is -0.348 e. The Kier molecular flexibility index (Phi) is 4.33. The number of hydrogen-bond acceptors (Lipinski definition) is 5. The number of nitrogens with one attached hydrogen (secondary N) is 2. The molecule has 2 aliphatic heterocycles. The van der Waals surface area contributed by atoms with Crippen LogP contribution in [0.15, 0.2) is 0 Å². The molecule has 0 radical (unpaired) electrons. The van der Waals surface area contributed by atoms with Crippen LogP contribution in [0.3, 0.4) is 0 Å². The van der Waals surface area contributed by atoms with Crippen molar-refractivity contribution in [3.63, 3.8) is 0 Å². The van der Waals surface area contributed by atoms with Crippen molar-refractivity contribution in [2.24, 2.45) is 5.92 Å². The van der Waals surface area contributed by atoms with Crippen LogP contribution in [0.4, 0.5) is 4.79 Å². The molecular weight excluding hydrogens is 346 g/mol. The molecule has 1 aliphatic carbocycles. The first-order valence-electron chi connectivity index (χ1n) is 8.70. The van der Waals surface area contributed by atoms with Crippen molar-refractivity contribution in [1.82, 2.24) is 15.5 Å². The van der Waals surface area contributed by atoms with Crippen molar-refractivity contribution in [2.75, 3.05) is 18.1 Å². The van der Waals surface area contributed by atoms with E-state index < -0.39 is 32.9 Å². The van der Waals surface area contributed by atoms with E-state index in [-0.39, 0.29) is 24.0 Å². The second-order valence-electron chi connectivity index (χ2n) is 8.04. The lowest BCUT2D eigenvalue weighted by Crippen LogP contribution is -2.52. The zero-order chi connectivity index (χ0) is 18.5. The lowest BCUT2D eigenvalue weighted by molar-refractivity contribution is -0.136. The SMILES string of the molecule is CC1CCC2(CC1)NC(=O)N(CC(=O)NC1(C)CCS(=O)(=O)C1)C2=O. The fourth-order valence-corrected chi connectivity index (χ4v) is 6.14. The van der Waals surface area contributed by atoms with Gasteiger partial charge in [0.25, 0.3) is 5.91 Å². The molecule has 9 heteroatoms. The highest BCUT2D eigenvalue weighted by Gasteiger charge is 2.52. The maximum Gasteiger partial charge on any atom is 0.325 e. The minimum absolute atomic E-state index is 0.0359. The van der Waals surface area contributed by atoms with Gasteiger partial charge in [0.15, 0.2) is 9.84 Å². The summed E-state index contributed by atoms with van der Waals surface area (Å²) in [6.07, 6.45) is 3.24. The van der Waals surface area contributed by atoms with Crippen LogP contribution in [0.25, 0.3) is 0 Å². The number of amides is 4. The monoisotopic (exact) mass is 371 g/mol. The molecule has 1 atom stereocenters. The highest BCUT2D eigenvalue weighted by atomic mass is 32.2. The third-order valence-corrected chi connectivity index (χ3v) is 7.52. The van der Waals surface area contributed by atoms with Gasteiger partial charge >= 0.3 is 6.03 Å². The standard InChI is InChI=1S/C16H25N3O5S/c1-11-3-5-16(6-4-11)13(21)19(14(22)18-16)9-12(20)17-15(2)7-8-25(23,24)10-15/h11H,3-10H2,1-2H3,(H,17,20)(H,18,22). The molecule has 1 spiro atoms. The Morgan fingerprint density at radius 2 is 1.92 bits per heavy atom. The summed E-state index contributed by atoms with van der Waals surface area (Å²) in [4.78, 5) is 38.2. The van der Waals surface area contributed by atoms with Crippen molar-refractivity contribution in [3.8, 4) is 0 Å². The van der Waals surface area contributed by atoms with Crippen molar-refractivity contribution < 1.29 is 22.8 Å². The molecule has 2 heterocycles. The molecule has 1 saturated carbocycles. The summed E-state index contributed by atoms with van der Waals surface area (Å²) in [6, 6.07) is -0.543. The Bertz CT molecular complexity index is 711. The smallest absolute Gasteiger partial charge is 0.325 e. The van der Waals surface area contributed by atoms with Crippen molar-refractivity contribution in [3.05, 3.63) is 0 Å². The van der Waals surface area contributed by atoms with Gasteiger partial charge in [-0.15, -0.1) is 0 Å². The number of imide groups is 1. The van der Waals surface area contributed by atoms with Gasteiger partial charge in [-0.05, 0) is 44.9 Å². The highest BCUT2D eigenvalue weighted by Crippen LogP contribution is 2.36. The Hall–Kier alpha value is -1.64. The maximum absolute atomic E-state index is 12.7. The number of rotatable bonds is 3. The summed E-state index contributed by atoms with van der Waals surface area (Å²) < 4.78 is 23.3. The van der Waals surface area contributed by atoms with E-state index >= 15 is 0 Å². The Morgan fingerprint density at radius 3 is 2.48 bits per heavy atom. The van der Waals surface area contributed by atoms with Crippen LogP contribution in [0.1, 0.15) is 46.0 Å². The molecule has 140 valence electrons. The van der Waals surface area contributed by atoms with E-state index in [0.29, 0.717) is 25.2 Å². The average molecular weight is 371 g/mol. The molecule has 1 unspecified atom stereocenters. The number of nitrogens with zero attached hydrogens (tertiary/aromatic N) is 1. The van der Waals surface area contributed by atoms with Crippen LogP contribution in [0.2, 0.25) is 0 Å². The fourth-order valence-electron chi connectivity index (χ4n) is 4.04. The quantitative estimate of drug-likeness (QED) is 0.687. The summed E-state index contributed by atoms with van der Waals surface area (Å²) in [7, 11) is -3.15. The molecule has 3 aliphatic rings. The molecule has 8 nitrogen and oxygen atoms in total. The van der Waals surface area contributed by atoms with Crippen LogP contribution >= 0.6 is 0 Å². The summed E-state index contributed by atoms with van der Waals surface area (Å²) in [6.45, 7) is 3.42. The Morgan fingerprint density at radius 1 is 1.28 bits per heavy atom. The molecular formula is C16H25N3O5S. The number of sulfone groups is 1. The van der Waals surface area contributed by atoms with Crippen LogP contribution < -0.4 is 10.6 Å². The van der Waals surface area contributed by atoms with Crippen molar-refractivity contribution >= 4 is 27.7 Å². The van der Waals surface area contributed by atoms with Crippen LogP contribution in [-0.4, -0.2) is 60.3 Å². The molecule has 0 aromatic heterocycles. The zero-order valence-corrected chi connectivity index (χ0v) is 15.4. The molecule has 4 amide bonds. The largest absolute Gasteiger partial charge is 0.348 e. The normalized spacial score (nSPS) is 37.4. The summed E-state index contributed by atoms with van der Waals surface area (Å²) in [5.41, 5.74) is -1.71. The van der Waals surface area contributed by atoms with E-state index in [4.69, 9.17) is 0 Å². The first-order valence-corrected chi connectivity index (χ1v) is 10.5. The van der Waals surface area contributed by atoms with Crippen LogP contribution in [-0.2, 0) is 19.4 Å². The molecule has 2 N–H and O–H groups in total. The van der Waals surface area contributed by atoms with E-state index in [1.54, 1.807) is 6.92 Å². The zero-order valence-electron chi connectivity index (χ0n) is 14.6. The first-order chi connectivity index (χ1) is 11.5. The summed E-state index contributed by atoms with van der Waals surface area (Å²) >= 11 is 0. The minimum atomic E-state index is -3.15. The van der Waals surface area contributed by atoms with Gasteiger partial charge in [0, 0.05) is 0 Å². The van der Waals surface area contributed by atoms with Crippen LogP contribution in [0.5, 0.6) is 0 Å². The van der Waals surface area contributed by atoms with Gasteiger partial charge in [-0.1, -0.05) is 6.92 Å². The highest BCUT2D eigenvalue weighted by molar-refractivity contribution is 7.91. The molecule has 3 rings (SSSR count). The number of hydrogen-bond donors (Lipinski definition) is 2. The van der Waals surface area contributed by atoms with E-state index in [1.807, 2.05) is 0 Å². The number of carbonyl (C=O) groups excluding carboxylic acids is 3. The van der Waals surface area contributed by atoms with Gasteiger partial charge in [0.2, 0.25) is 5.91 Å². The lowest BCUT2D eigenvalue weighted by Gasteiger charge is -2.33. The van der Waals surface area contributed by atoms with Gasteiger partial charge < -0.3 is 10.6 Å². The third-order valence-electron chi connectivity index (χ3n) is 5.62. The van der Waals surface area contributed by atoms with Gasteiger partial charge in [0.05, 0.1) is 17.0 Å². The van der Waals surface area contributed by atoms with Gasteiger partial charge in [-0.25, -0.2) is 13.2 Å². The Labute approximate surface area is 147 Å². The van der Waals surface area contributed by atoms with E-state index in [0.717, 1.165) is 17.7 Å². The predicted molar refractivity (Wildman–Crippen MR) is 90.4 cm³/mol. The average Bonchev–Trinajstić information content (AvgIpc) is 2.90. The van der Waals surface area contributed by atoms with Crippen LogP contribution in [0, 0.1) is 5.92 Å². The molecule has 0 aromatic carbocycles. The lowest BCUT2D eigenvalue weighted by atomic mass is 9.77. The van der Waals surface area contributed by atoms with Gasteiger partial charge in [-0.2, -0.15) is 0 Å². The fraction of sp³-hybridized carbons (Fsp3) is 0.812. The third kappa shape index (κ3) is 3.51. The van der Waals surface area contributed by atoms with E-state index in [1.165, 1.54) is 0 Å². The molecule has 3 fully saturated rings. The van der Waals surface area contributed by atoms with E-state index in [2.05, 4.69) is 17.6 Å². The summed E-state index contributed by atoms with van der Waals surface area (Å²) in [5, 5.41) is 5.46.